The maximum Gasteiger partial charge on any atom is 0.0827 e. The molecule has 2 fully saturated rings. The summed E-state index contributed by atoms with van der Waals surface area (Å²) < 4.78 is 12.0. The molecule has 0 radical (unpaired) electrons. The van der Waals surface area contributed by atoms with Gasteiger partial charge in [-0.05, 0) is 62.2 Å². The highest BCUT2D eigenvalue weighted by atomic mass is 19.1. The highest BCUT2D eigenvalue weighted by Crippen LogP contribution is 2.43. The first-order valence-electron chi connectivity index (χ1n) is 9.58. The number of unbranched alkanes of at least 4 members (excludes halogenated alkanes) is 1. The lowest BCUT2D eigenvalue weighted by Gasteiger charge is -2.38. The number of halogens is 1. The zero-order valence-electron chi connectivity index (χ0n) is 14.0. The molecule has 0 saturated heterocycles. The Morgan fingerprint density at radius 2 is 1.33 bits per heavy atom. The summed E-state index contributed by atoms with van der Waals surface area (Å²) in [6, 6.07) is 0. The lowest BCUT2D eigenvalue weighted by molar-refractivity contribution is 0.141. The van der Waals surface area contributed by atoms with Crippen molar-refractivity contribution >= 4 is 0 Å². The molecule has 0 N–H and O–H groups in total. The van der Waals surface area contributed by atoms with Gasteiger partial charge in [0.1, 0.15) is 0 Å². The Morgan fingerprint density at radius 3 is 1.81 bits per heavy atom. The van der Waals surface area contributed by atoms with E-state index in [1.54, 1.807) is 6.08 Å². The van der Waals surface area contributed by atoms with E-state index in [0.717, 1.165) is 30.1 Å². The van der Waals surface area contributed by atoms with Gasteiger partial charge in [0, 0.05) is 0 Å². The van der Waals surface area contributed by atoms with Crippen LogP contribution in [0, 0.1) is 23.7 Å². The average Bonchev–Trinajstić information content (AvgIpc) is 2.54. The SMILES string of the molecule is CCCCC1CCC(C2CCC(CCC=CF)CC2)CC1. The van der Waals surface area contributed by atoms with Crippen LogP contribution in [0.25, 0.3) is 0 Å². The highest BCUT2D eigenvalue weighted by Gasteiger charge is 2.30. The summed E-state index contributed by atoms with van der Waals surface area (Å²) in [5.74, 6) is 3.98. The summed E-state index contributed by atoms with van der Waals surface area (Å²) in [7, 11) is 0. The molecule has 0 bridgehead atoms. The zero-order valence-corrected chi connectivity index (χ0v) is 14.0. The largest absolute Gasteiger partial charge is 0.216 e. The maximum absolute atomic E-state index is 12.0. The van der Waals surface area contributed by atoms with E-state index in [4.69, 9.17) is 0 Å². The van der Waals surface area contributed by atoms with Crippen molar-refractivity contribution in [3.05, 3.63) is 12.4 Å². The molecule has 0 nitrogen and oxygen atoms in total. The van der Waals surface area contributed by atoms with Crippen molar-refractivity contribution in [3.63, 3.8) is 0 Å². The third kappa shape index (κ3) is 5.75. The minimum atomic E-state index is 0.711. The average molecular weight is 294 g/mol. The normalized spacial score (nSPS) is 34.4. The number of rotatable bonds is 7. The van der Waals surface area contributed by atoms with Gasteiger partial charge in [0.2, 0.25) is 0 Å². The first-order valence-corrected chi connectivity index (χ1v) is 9.58. The second-order valence-electron chi connectivity index (χ2n) is 7.64. The Morgan fingerprint density at radius 1 is 0.810 bits per heavy atom. The monoisotopic (exact) mass is 294 g/mol. The van der Waals surface area contributed by atoms with E-state index in [-0.39, 0.29) is 0 Å². The van der Waals surface area contributed by atoms with E-state index in [9.17, 15) is 4.39 Å². The molecular weight excluding hydrogens is 259 g/mol. The van der Waals surface area contributed by atoms with Gasteiger partial charge in [-0.2, -0.15) is 0 Å². The molecule has 0 aromatic rings. The quantitative estimate of drug-likeness (QED) is 0.472. The van der Waals surface area contributed by atoms with Crippen LogP contribution in [0.5, 0.6) is 0 Å². The molecule has 2 aliphatic carbocycles. The molecular formula is C20H35F. The number of allylic oxidation sites excluding steroid dienone is 1. The highest BCUT2D eigenvalue weighted by molar-refractivity contribution is 4.83. The van der Waals surface area contributed by atoms with Gasteiger partial charge in [0.15, 0.2) is 0 Å². The lowest BCUT2D eigenvalue weighted by Crippen LogP contribution is -2.25. The van der Waals surface area contributed by atoms with E-state index in [2.05, 4.69) is 6.92 Å². The summed E-state index contributed by atoms with van der Waals surface area (Å²) in [5.41, 5.74) is 0. The number of hydrogen-bond donors (Lipinski definition) is 0. The Labute approximate surface area is 131 Å². The van der Waals surface area contributed by atoms with Crippen molar-refractivity contribution in [2.45, 2.75) is 90.4 Å². The van der Waals surface area contributed by atoms with E-state index in [0.29, 0.717) is 6.33 Å². The molecule has 2 aliphatic rings. The number of hydrogen-bond acceptors (Lipinski definition) is 0. The van der Waals surface area contributed by atoms with Gasteiger partial charge in [-0.3, -0.25) is 0 Å². The molecule has 0 amide bonds. The fourth-order valence-electron chi connectivity index (χ4n) is 4.78. The van der Waals surface area contributed by atoms with Crippen LogP contribution in [0.3, 0.4) is 0 Å². The first kappa shape index (κ1) is 17.0. The maximum atomic E-state index is 12.0. The second-order valence-corrected chi connectivity index (χ2v) is 7.64. The third-order valence-corrected chi connectivity index (χ3v) is 6.25. The van der Waals surface area contributed by atoms with Crippen LogP contribution < -0.4 is 0 Å². The minimum Gasteiger partial charge on any atom is -0.216 e. The Balaban J connectivity index is 1.62. The molecule has 2 saturated carbocycles. The zero-order chi connectivity index (χ0) is 14.9. The molecule has 0 aromatic carbocycles. The van der Waals surface area contributed by atoms with Crippen LogP contribution in [-0.2, 0) is 0 Å². The van der Waals surface area contributed by atoms with Crippen molar-refractivity contribution in [1.82, 2.24) is 0 Å². The molecule has 0 spiro atoms. The van der Waals surface area contributed by atoms with Crippen molar-refractivity contribution in [3.8, 4) is 0 Å². The third-order valence-electron chi connectivity index (χ3n) is 6.25. The summed E-state index contributed by atoms with van der Waals surface area (Å²) in [6.45, 7) is 2.31. The van der Waals surface area contributed by atoms with Crippen molar-refractivity contribution in [1.29, 1.82) is 0 Å². The molecule has 0 unspecified atom stereocenters. The van der Waals surface area contributed by atoms with Gasteiger partial charge in [-0.25, -0.2) is 4.39 Å². The molecule has 0 aromatic heterocycles. The van der Waals surface area contributed by atoms with Gasteiger partial charge < -0.3 is 0 Å². The first-order chi connectivity index (χ1) is 10.3. The van der Waals surface area contributed by atoms with E-state index >= 15 is 0 Å². The molecule has 0 heterocycles. The van der Waals surface area contributed by atoms with Crippen molar-refractivity contribution in [2.75, 3.05) is 0 Å². The Bertz CT molecular complexity index is 280. The second kappa shape index (κ2) is 9.64. The van der Waals surface area contributed by atoms with Crippen molar-refractivity contribution < 1.29 is 4.39 Å². The molecule has 0 atom stereocenters. The molecule has 1 heteroatoms. The summed E-state index contributed by atoms with van der Waals surface area (Å²) in [5, 5.41) is 0. The topological polar surface area (TPSA) is 0 Å². The summed E-state index contributed by atoms with van der Waals surface area (Å²) >= 11 is 0. The minimum absolute atomic E-state index is 0.711. The van der Waals surface area contributed by atoms with Gasteiger partial charge in [0.05, 0.1) is 6.33 Å². The summed E-state index contributed by atoms with van der Waals surface area (Å²) in [4.78, 5) is 0. The summed E-state index contributed by atoms with van der Waals surface area (Å²) in [6.07, 6.45) is 20.6. The van der Waals surface area contributed by atoms with Crippen LogP contribution in [0.1, 0.15) is 90.4 Å². The van der Waals surface area contributed by atoms with Gasteiger partial charge in [0.25, 0.3) is 0 Å². The Hall–Kier alpha value is -0.330. The van der Waals surface area contributed by atoms with Crippen LogP contribution >= 0.6 is 0 Å². The van der Waals surface area contributed by atoms with Crippen LogP contribution in [0.15, 0.2) is 12.4 Å². The van der Waals surface area contributed by atoms with Crippen LogP contribution in [-0.4, -0.2) is 0 Å². The fourth-order valence-corrected chi connectivity index (χ4v) is 4.78. The van der Waals surface area contributed by atoms with E-state index < -0.39 is 0 Å². The lowest BCUT2D eigenvalue weighted by atomic mass is 9.68. The molecule has 0 aliphatic heterocycles. The Kier molecular flexibility index (Phi) is 7.82. The molecule has 2 rings (SSSR count). The van der Waals surface area contributed by atoms with E-state index in [1.807, 2.05) is 0 Å². The van der Waals surface area contributed by atoms with Crippen molar-refractivity contribution in [2.24, 2.45) is 23.7 Å². The van der Waals surface area contributed by atoms with E-state index in [1.165, 1.54) is 77.0 Å². The predicted molar refractivity (Wildman–Crippen MR) is 89.9 cm³/mol. The van der Waals surface area contributed by atoms with Crippen LogP contribution in [0.4, 0.5) is 4.39 Å². The standard InChI is InChI=1S/C20H35F/c1-2-3-6-17-8-12-19(13-9-17)20-14-10-18(11-15-20)7-4-5-16-21/h5,16-20H,2-4,6-15H2,1H3. The van der Waals surface area contributed by atoms with Crippen LogP contribution in [0.2, 0.25) is 0 Å². The molecule has 21 heavy (non-hydrogen) atoms. The fraction of sp³-hybridized carbons (Fsp3) is 0.900. The van der Waals surface area contributed by atoms with Gasteiger partial charge in [-0.1, -0.05) is 57.9 Å². The smallest absolute Gasteiger partial charge is 0.0827 e. The van der Waals surface area contributed by atoms with Gasteiger partial charge >= 0.3 is 0 Å². The van der Waals surface area contributed by atoms with Gasteiger partial charge in [-0.15, -0.1) is 0 Å². The predicted octanol–water partition coefficient (Wildman–Crippen LogP) is 7.05. The molecule has 122 valence electrons.